The van der Waals surface area contributed by atoms with Crippen molar-refractivity contribution in [2.45, 2.75) is 39.5 Å². The zero-order valence-electron chi connectivity index (χ0n) is 14.8. The van der Waals surface area contributed by atoms with Gasteiger partial charge in [-0.05, 0) is 23.0 Å². The third kappa shape index (κ3) is 7.92. The van der Waals surface area contributed by atoms with Crippen molar-refractivity contribution < 1.29 is 14.2 Å². The van der Waals surface area contributed by atoms with E-state index in [2.05, 4.69) is 52.0 Å². The summed E-state index contributed by atoms with van der Waals surface area (Å²) < 4.78 is 15.9. The fraction of sp³-hybridized carbons (Fsp3) is 0.632. The third-order valence-corrected chi connectivity index (χ3v) is 3.48. The Balaban J connectivity index is 2.20. The molecule has 1 aromatic rings. The van der Waals surface area contributed by atoms with Gasteiger partial charge in [-0.2, -0.15) is 0 Å². The van der Waals surface area contributed by atoms with Gasteiger partial charge in [-0.15, -0.1) is 0 Å². The maximum absolute atomic E-state index is 5.62. The summed E-state index contributed by atoms with van der Waals surface area (Å²) in [5.41, 5.74) is 2.92. The predicted molar refractivity (Wildman–Crippen MR) is 91.3 cm³/mol. The van der Waals surface area contributed by atoms with Crippen LogP contribution in [0.4, 0.5) is 0 Å². The van der Waals surface area contributed by atoms with E-state index in [1.165, 1.54) is 17.0 Å². The molecule has 0 saturated heterocycles. The summed E-state index contributed by atoms with van der Waals surface area (Å²) in [4.78, 5) is 0. The quantitative estimate of drug-likeness (QED) is 0.615. The normalized spacial score (nSPS) is 12.1. The van der Waals surface area contributed by atoms with E-state index in [9.17, 15) is 0 Å². The highest BCUT2D eigenvalue weighted by atomic mass is 16.5. The van der Waals surface area contributed by atoms with Crippen LogP contribution in [0.2, 0.25) is 0 Å². The minimum absolute atomic E-state index is 0.212. The van der Waals surface area contributed by atoms with Crippen LogP contribution in [0.5, 0.6) is 0 Å². The molecule has 1 rings (SSSR count). The number of hydrogen-bond acceptors (Lipinski definition) is 3. The Hall–Kier alpha value is -0.900. The average Bonchev–Trinajstić information content (AvgIpc) is 2.46. The van der Waals surface area contributed by atoms with Crippen molar-refractivity contribution in [3.05, 3.63) is 41.3 Å². The van der Waals surface area contributed by atoms with Gasteiger partial charge in [0.1, 0.15) is 0 Å². The fourth-order valence-electron chi connectivity index (χ4n) is 2.13. The van der Waals surface area contributed by atoms with E-state index in [4.69, 9.17) is 14.2 Å². The minimum Gasteiger partial charge on any atom is -0.382 e. The maximum Gasteiger partial charge on any atom is 0.0701 e. The van der Waals surface area contributed by atoms with Crippen molar-refractivity contribution >= 4 is 0 Å². The van der Waals surface area contributed by atoms with Gasteiger partial charge in [0.15, 0.2) is 0 Å². The first-order valence-corrected chi connectivity index (χ1v) is 7.98. The van der Waals surface area contributed by atoms with Crippen LogP contribution in [-0.2, 0) is 26.0 Å². The van der Waals surface area contributed by atoms with E-state index in [-0.39, 0.29) is 5.41 Å². The lowest BCUT2D eigenvalue weighted by Crippen LogP contribution is -2.13. The monoisotopic (exact) mass is 307 g/mol. The molecule has 1 aromatic carbocycles. The van der Waals surface area contributed by atoms with Crippen molar-refractivity contribution in [2.75, 3.05) is 40.1 Å². The standard InChI is InChI=1S/C19H31O3/c1-16(15-22-13-12-21-11-10-20-5)14-17-6-8-18(9-7-17)19(2,3)4/h6-9H,10-15H2,1-5H3. The Kier molecular flexibility index (Phi) is 8.69. The summed E-state index contributed by atoms with van der Waals surface area (Å²) in [5, 5.41) is 0. The van der Waals surface area contributed by atoms with E-state index in [0.717, 1.165) is 6.42 Å². The van der Waals surface area contributed by atoms with E-state index in [0.29, 0.717) is 33.0 Å². The van der Waals surface area contributed by atoms with Gasteiger partial charge in [0.25, 0.3) is 0 Å². The summed E-state index contributed by atoms with van der Waals surface area (Å²) >= 11 is 0. The highest BCUT2D eigenvalue weighted by Crippen LogP contribution is 2.23. The van der Waals surface area contributed by atoms with Crippen LogP contribution >= 0.6 is 0 Å². The lowest BCUT2D eigenvalue weighted by Gasteiger charge is -2.19. The van der Waals surface area contributed by atoms with Crippen LogP contribution < -0.4 is 0 Å². The first kappa shape index (κ1) is 19.1. The first-order valence-electron chi connectivity index (χ1n) is 7.98. The zero-order chi connectivity index (χ0) is 16.4. The molecule has 0 aromatic heterocycles. The highest BCUT2D eigenvalue weighted by Gasteiger charge is 2.13. The van der Waals surface area contributed by atoms with Crippen LogP contribution in [0.1, 0.15) is 38.8 Å². The second kappa shape index (κ2) is 9.98. The molecule has 0 aliphatic heterocycles. The first-order chi connectivity index (χ1) is 10.4. The van der Waals surface area contributed by atoms with Gasteiger partial charge in [0.05, 0.1) is 33.0 Å². The Morgan fingerprint density at radius 1 is 0.909 bits per heavy atom. The zero-order valence-corrected chi connectivity index (χ0v) is 14.8. The molecule has 125 valence electrons. The Labute approximate surface area is 136 Å². The molecular formula is C19H31O3. The number of hydrogen-bond donors (Lipinski definition) is 0. The molecule has 0 spiro atoms. The molecule has 22 heavy (non-hydrogen) atoms. The molecule has 0 unspecified atom stereocenters. The minimum atomic E-state index is 0.212. The molecular weight excluding hydrogens is 276 g/mol. The average molecular weight is 307 g/mol. The van der Waals surface area contributed by atoms with Gasteiger partial charge < -0.3 is 14.2 Å². The van der Waals surface area contributed by atoms with Gasteiger partial charge in [-0.1, -0.05) is 52.0 Å². The van der Waals surface area contributed by atoms with Gasteiger partial charge >= 0.3 is 0 Å². The van der Waals surface area contributed by atoms with Crippen LogP contribution in [0.3, 0.4) is 0 Å². The Morgan fingerprint density at radius 3 is 2.09 bits per heavy atom. The molecule has 0 amide bonds. The van der Waals surface area contributed by atoms with E-state index in [1.807, 2.05) is 0 Å². The third-order valence-electron chi connectivity index (χ3n) is 3.48. The second-order valence-corrected chi connectivity index (χ2v) is 6.74. The highest BCUT2D eigenvalue weighted by molar-refractivity contribution is 5.28. The van der Waals surface area contributed by atoms with Crippen LogP contribution in [0, 0.1) is 5.92 Å². The number of ether oxygens (including phenoxy) is 3. The van der Waals surface area contributed by atoms with E-state index in [1.54, 1.807) is 7.11 Å². The summed E-state index contributed by atoms with van der Waals surface area (Å²) in [7, 11) is 1.67. The smallest absolute Gasteiger partial charge is 0.0701 e. The second-order valence-electron chi connectivity index (χ2n) is 6.74. The number of methoxy groups -OCH3 is 1. The Bertz CT molecular complexity index is 392. The molecule has 0 N–H and O–H groups in total. The summed E-state index contributed by atoms with van der Waals surface area (Å²) in [5.74, 6) is 1.33. The molecule has 0 saturated carbocycles. The lowest BCUT2D eigenvalue weighted by molar-refractivity contribution is 0.0272. The summed E-state index contributed by atoms with van der Waals surface area (Å²) in [6.45, 7) is 12.1. The summed E-state index contributed by atoms with van der Waals surface area (Å²) in [6, 6.07) is 8.90. The molecule has 1 radical (unpaired) electrons. The Morgan fingerprint density at radius 2 is 1.50 bits per heavy atom. The predicted octanol–water partition coefficient (Wildman–Crippen LogP) is 3.80. The van der Waals surface area contributed by atoms with Gasteiger partial charge in [0.2, 0.25) is 0 Å². The molecule has 0 aliphatic rings. The van der Waals surface area contributed by atoms with E-state index >= 15 is 0 Å². The fourth-order valence-corrected chi connectivity index (χ4v) is 2.13. The SMILES string of the molecule is COCCOCCOC[C](C)Cc1ccc(C(C)(C)C)cc1. The largest absolute Gasteiger partial charge is 0.382 e. The molecule has 0 heterocycles. The van der Waals surface area contributed by atoms with E-state index < -0.39 is 0 Å². The van der Waals surface area contributed by atoms with Crippen molar-refractivity contribution in [3.8, 4) is 0 Å². The number of rotatable bonds is 10. The van der Waals surface area contributed by atoms with Crippen molar-refractivity contribution in [1.82, 2.24) is 0 Å². The van der Waals surface area contributed by atoms with Crippen LogP contribution in [0.15, 0.2) is 24.3 Å². The molecule has 3 heteroatoms. The number of benzene rings is 1. The van der Waals surface area contributed by atoms with Crippen LogP contribution in [-0.4, -0.2) is 40.1 Å². The lowest BCUT2D eigenvalue weighted by atomic mass is 9.86. The van der Waals surface area contributed by atoms with Crippen molar-refractivity contribution in [1.29, 1.82) is 0 Å². The topological polar surface area (TPSA) is 27.7 Å². The van der Waals surface area contributed by atoms with Crippen molar-refractivity contribution in [3.63, 3.8) is 0 Å². The summed E-state index contributed by atoms with van der Waals surface area (Å²) in [6.07, 6.45) is 0.967. The maximum atomic E-state index is 5.62. The van der Waals surface area contributed by atoms with Gasteiger partial charge in [-0.3, -0.25) is 0 Å². The van der Waals surface area contributed by atoms with Gasteiger partial charge in [0, 0.05) is 13.0 Å². The molecule has 0 aliphatic carbocycles. The van der Waals surface area contributed by atoms with Gasteiger partial charge in [-0.25, -0.2) is 0 Å². The molecule has 0 fully saturated rings. The van der Waals surface area contributed by atoms with Crippen LogP contribution in [0.25, 0.3) is 0 Å². The molecule has 3 nitrogen and oxygen atoms in total. The molecule has 0 atom stereocenters. The molecule has 0 bridgehead atoms. The van der Waals surface area contributed by atoms with Crippen molar-refractivity contribution in [2.24, 2.45) is 0 Å².